The van der Waals surface area contributed by atoms with Crippen LogP contribution in [-0.4, -0.2) is 18.1 Å². The Labute approximate surface area is 79.2 Å². The average Bonchev–Trinajstić information content (AvgIpc) is 2.06. The second kappa shape index (κ2) is 3.86. The molecule has 0 aliphatic heterocycles. The van der Waals surface area contributed by atoms with Crippen molar-refractivity contribution in [3.05, 3.63) is 24.5 Å². The molecule has 0 aromatic carbocycles. The number of pyridine rings is 1. The molecule has 0 atom stereocenters. The summed E-state index contributed by atoms with van der Waals surface area (Å²) in [6.07, 6.45) is 3.04. The molecule has 0 unspecified atom stereocenters. The van der Waals surface area contributed by atoms with E-state index in [1.807, 2.05) is 0 Å². The standard InChI is InChI=1S/C6H7BrN2O2S/c7-5-12(10,11)9-6-1-3-8-4-2-6/h1-4H,5H2,(H,8,9). The van der Waals surface area contributed by atoms with Gasteiger partial charge in [-0.3, -0.25) is 9.71 Å². The van der Waals surface area contributed by atoms with Crippen LogP contribution in [-0.2, 0) is 10.0 Å². The molecule has 1 aromatic heterocycles. The second-order valence-electron chi connectivity index (χ2n) is 2.06. The van der Waals surface area contributed by atoms with Gasteiger partial charge in [0.2, 0.25) is 10.0 Å². The first-order chi connectivity index (χ1) is 5.64. The van der Waals surface area contributed by atoms with E-state index in [1.54, 1.807) is 12.1 Å². The number of nitrogens with one attached hydrogen (secondary N) is 1. The maximum atomic E-state index is 11.0. The van der Waals surface area contributed by atoms with Gasteiger partial charge in [0.05, 0.1) is 5.69 Å². The lowest BCUT2D eigenvalue weighted by Gasteiger charge is -2.03. The van der Waals surface area contributed by atoms with Gasteiger partial charge in [-0.25, -0.2) is 8.42 Å². The van der Waals surface area contributed by atoms with Crippen molar-refractivity contribution >= 4 is 31.6 Å². The quantitative estimate of drug-likeness (QED) is 0.820. The van der Waals surface area contributed by atoms with Gasteiger partial charge in [0.25, 0.3) is 0 Å². The minimum atomic E-state index is -3.23. The van der Waals surface area contributed by atoms with Crippen molar-refractivity contribution in [3.8, 4) is 0 Å². The zero-order valence-electron chi connectivity index (χ0n) is 6.07. The Morgan fingerprint density at radius 1 is 1.42 bits per heavy atom. The van der Waals surface area contributed by atoms with Crippen LogP contribution in [0.25, 0.3) is 0 Å². The van der Waals surface area contributed by atoms with Crippen molar-refractivity contribution in [2.45, 2.75) is 0 Å². The fourth-order valence-corrected chi connectivity index (χ4v) is 1.52. The second-order valence-corrected chi connectivity index (χ2v) is 5.09. The van der Waals surface area contributed by atoms with Gasteiger partial charge in [0.1, 0.15) is 4.66 Å². The minimum absolute atomic E-state index is 0.109. The van der Waals surface area contributed by atoms with Gasteiger partial charge >= 0.3 is 0 Å². The van der Waals surface area contributed by atoms with E-state index in [2.05, 4.69) is 25.6 Å². The molecule has 0 saturated heterocycles. The van der Waals surface area contributed by atoms with Crippen molar-refractivity contribution in [2.24, 2.45) is 0 Å². The lowest BCUT2D eigenvalue weighted by Crippen LogP contribution is -2.12. The summed E-state index contributed by atoms with van der Waals surface area (Å²) >= 11 is 2.86. The van der Waals surface area contributed by atoms with E-state index in [9.17, 15) is 8.42 Å². The molecule has 0 aliphatic rings. The summed E-state index contributed by atoms with van der Waals surface area (Å²) < 4.78 is 24.2. The highest BCUT2D eigenvalue weighted by atomic mass is 79.9. The maximum absolute atomic E-state index is 11.0. The van der Waals surface area contributed by atoms with Crippen molar-refractivity contribution in [3.63, 3.8) is 0 Å². The summed E-state index contributed by atoms with van der Waals surface area (Å²) in [5.41, 5.74) is 0.518. The largest absolute Gasteiger partial charge is 0.283 e. The van der Waals surface area contributed by atoms with Crippen molar-refractivity contribution in [1.29, 1.82) is 0 Å². The van der Waals surface area contributed by atoms with E-state index in [0.717, 1.165) is 0 Å². The summed E-state index contributed by atoms with van der Waals surface area (Å²) in [4.78, 5) is 3.75. The van der Waals surface area contributed by atoms with Gasteiger partial charge < -0.3 is 0 Å². The molecule has 6 heteroatoms. The molecular formula is C6H7BrN2O2S. The maximum Gasteiger partial charge on any atom is 0.242 e. The van der Waals surface area contributed by atoms with Gasteiger partial charge in [0, 0.05) is 12.4 Å². The summed E-state index contributed by atoms with van der Waals surface area (Å²) in [5, 5.41) is 0. The van der Waals surface area contributed by atoms with Gasteiger partial charge in [-0.05, 0) is 12.1 Å². The fourth-order valence-electron chi connectivity index (χ4n) is 0.627. The number of sulfonamides is 1. The Morgan fingerprint density at radius 2 is 2.00 bits per heavy atom. The topological polar surface area (TPSA) is 59.1 Å². The zero-order chi connectivity index (χ0) is 9.03. The van der Waals surface area contributed by atoms with Crippen molar-refractivity contribution in [1.82, 2.24) is 4.98 Å². The number of alkyl halides is 1. The van der Waals surface area contributed by atoms with Crippen molar-refractivity contribution in [2.75, 3.05) is 9.38 Å². The van der Waals surface area contributed by atoms with Gasteiger partial charge in [0.15, 0.2) is 0 Å². The normalized spacial score (nSPS) is 11.1. The number of hydrogen-bond donors (Lipinski definition) is 1. The van der Waals surface area contributed by atoms with Crippen LogP contribution in [0, 0.1) is 0 Å². The van der Waals surface area contributed by atoms with E-state index >= 15 is 0 Å². The van der Waals surface area contributed by atoms with Crippen LogP contribution in [0.15, 0.2) is 24.5 Å². The smallest absolute Gasteiger partial charge is 0.242 e. The third-order valence-corrected chi connectivity index (χ3v) is 3.74. The molecule has 0 saturated carbocycles. The molecule has 1 heterocycles. The SMILES string of the molecule is O=S(=O)(CBr)Nc1ccncc1. The molecule has 0 fully saturated rings. The third kappa shape index (κ3) is 2.78. The molecule has 0 amide bonds. The average molecular weight is 251 g/mol. The van der Waals surface area contributed by atoms with Gasteiger partial charge in [-0.2, -0.15) is 0 Å². The monoisotopic (exact) mass is 250 g/mol. The molecule has 0 spiro atoms. The molecule has 12 heavy (non-hydrogen) atoms. The molecule has 66 valence electrons. The Balaban J connectivity index is 2.78. The lowest BCUT2D eigenvalue weighted by molar-refractivity contribution is 0.606. The van der Waals surface area contributed by atoms with E-state index < -0.39 is 10.0 Å². The first-order valence-corrected chi connectivity index (χ1v) is 5.88. The summed E-state index contributed by atoms with van der Waals surface area (Å²) in [7, 11) is -3.23. The first-order valence-electron chi connectivity index (χ1n) is 3.10. The predicted octanol–water partition coefficient (Wildman–Crippen LogP) is 1.18. The third-order valence-electron chi connectivity index (χ3n) is 1.10. The molecule has 0 radical (unpaired) electrons. The van der Waals surface area contributed by atoms with E-state index in [1.165, 1.54) is 12.4 Å². The number of aromatic nitrogens is 1. The number of halogens is 1. The highest BCUT2D eigenvalue weighted by Crippen LogP contribution is 2.07. The van der Waals surface area contributed by atoms with Crippen molar-refractivity contribution < 1.29 is 8.42 Å². The number of hydrogen-bond acceptors (Lipinski definition) is 3. The number of rotatable bonds is 3. The first kappa shape index (κ1) is 9.47. The summed E-state index contributed by atoms with van der Waals surface area (Å²) in [6.45, 7) is 0. The Morgan fingerprint density at radius 3 is 2.50 bits per heavy atom. The molecular weight excluding hydrogens is 244 g/mol. The molecule has 0 aliphatic carbocycles. The van der Waals surface area contributed by atoms with Crippen LogP contribution in [0.5, 0.6) is 0 Å². The minimum Gasteiger partial charge on any atom is -0.283 e. The molecule has 0 bridgehead atoms. The number of anilines is 1. The molecule has 4 nitrogen and oxygen atoms in total. The van der Waals surface area contributed by atoms with Crippen LogP contribution >= 0.6 is 15.9 Å². The number of nitrogens with zero attached hydrogens (tertiary/aromatic N) is 1. The van der Waals surface area contributed by atoms with E-state index in [0.29, 0.717) is 5.69 Å². The Bertz CT molecular complexity index is 338. The van der Waals surface area contributed by atoms with Crippen LogP contribution in [0.3, 0.4) is 0 Å². The Hall–Kier alpha value is -0.620. The van der Waals surface area contributed by atoms with E-state index in [-0.39, 0.29) is 4.66 Å². The van der Waals surface area contributed by atoms with Crippen LogP contribution in [0.4, 0.5) is 5.69 Å². The fraction of sp³-hybridized carbons (Fsp3) is 0.167. The predicted molar refractivity (Wildman–Crippen MR) is 50.6 cm³/mol. The van der Waals surface area contributed by atoms with Crippen LogP contribution in [0.2, 0.25) is 0 Å². The molecule has 1 N–H and O–H groups in total. The lowest BCUT2D eigenvalue weighted by atomic mass is 10.4. The summed E-state index contributed by atoms with van der Waals surface area (Å²) in [5.74, 6) is 0. The highest BCUT2D eigenvalue weighted by Gasteiger charge is 2.06. The zero-order valence-corrected chi connectivity index (χ0v) is 8.47. The molecule has 1 rings (SSSR count). The van der Waals surface area contributed by atoms with Crippen LogP contribution in [0.1, 0.15) is 0 Å². The Kier molecular flexibility index (Phi) is 3.05. The van der Waals surface area contributed by atoms with Gasteiger partial charge in [-0.15, -0.1) is 0 Å². The van der Waals surface area contributed by atoms with Gasteiger partial charge in [-0.1, -0.05) is 15.9 Å². The molecule has 1 aromatic rings. The van der Waals surface area contributed by atoms with E-state index in [4.69, 9.17) is 0 Å². The summed E-state index contributed by atoms with van der Waals surface area (Å²) in [6, 6.07) is 3.17. The highest BCUT2D eigenvalue weighted by molar-refractivity contribution is 9.10. The van der Waals surface area contributed by atoms with Crippen LogP contribution < -0.4 is 4.72 Å².